The average Bonchev–Trinajstić information content (AvgIpc) is 2.86. The Labute approximate surface area is 138 Å². The van der Waals surface area contributed by atoms with Crippen molar-refractivity contribution in [2.24, 2.45) is 0 Å². The number of aliphatic carboxylic acids is 1. The van der Waals surface area contributed by atoms with Gasteiger partial charge in [0, 0.05) is 17.4 Å². The van der Waals surface area contributed by atoms with Gasteiger partial charge in [0.05, 0.1) is 24.3 Å². The molecule has 1 atom stereocenters. The zero-order chi connectivity index (χ0) is 16.0. The minimum atomic E-state index is -0.933. The fraction of sp³-hybridized carbons (Fsp3) is 0.467. The van der Waals surface area contributed by atoms with Crippen LogP contribution in [0.2, 0.25) is 5.02 Å². The first-order valence-corrected chi connectivity index (χ1v) is 8.45. The van der Waals surface area contributed by atoms with E-state index in [9.17, 15) is 9.59 Å². The third-order valence-electron chi connectivity index (χ3n) is 3.39. The van der Waals surface area contributed by atoms with Gasteiger partial charge in [-0.05, 0) is 24.1 Å². The van der Waals surface area contributed by atoms with Gasteiger partial charge < -0.3 is 15.2 Å². The van der Waals surface area contributed by atoms with E-state index in [1.54, 1.807) is 6.07 Å². The minimum absolute atomic E-state index is 0.113. The molecule has 2 rings (SSSR count). The van der Waals surface area contributed by atoms with Crippen molar-refractivity contribution in [1.29, 1.82) is 0 Å². The number of benzene rings is 1. The third-order valence-corrected chi connectivity index (χ3v) is 4.63. The predicted octanol–water partition coefficient (Wildman–Crippen LogP) is 2.32. The normalized spacial score (nSPS) is 20.8. The number of hydrogen-bond acceptors (Lipinski definition) is 4. The molecule has 5 nitrogen and oxygen atoms in total. The lowest BCUT2D eigenvalue weighted by Crippen LogP contribution is -2.51. The summed E-state index contributed by atoms with van der Waals surface area (Å²) < 4.78 is 5.25. The second-order valence-electron chi connectivity index (χ2n) is 5.32. The van der Waals surface area contributed by atoms with Crippen molar-refractivity contribution in [1.82, 2.24) is 5.32 Å². The first-order valence-electron chi connectivity index (χ1n) is 6.92. The SMILES string of the molecule is O=C(O)CC1(NC(=O)CSCc2cccc(Cl)c2)CCOC1. The number of halogens is 1. The molecule has 0 spiro atoms. The van der Waals surface area contributed by atoms with Crippen molar-refractivity contribution in [3.05, 3.63) is 34.9 Å². The maximum atomic E-state index is 12.0. The Hall–Kier alpha value is -1.24. The summed E-state index contributed by atoms with van der Waals surface area (Å²) in [7, 11) is 0. The van der Waals surface area contributed by atoms with Gasteiger partial charge in [-0.2, -0.15) is 0 Å². The number of hydrogen-bond donors (Lipinski definition) is 2. The van der Waals surface area contributed by atoms with E-state index in [1.807, 2.05) is 18.2 Å². The number of carboxylic acids is 1. The Kier molecular flexibility index (Phi) is 6.11. The number of ether oxygens (including phenoxy) is 1. The van der Waals surface area contributed by atoms with Crippen molar-refractivity contribution >= 4 is 35.2 Å². The summed E-state index contributed by atoms with van der Waals surface area (Å²) in [5, 5.41) is 12.5. The number of nitrogens with one attached hydrogen (secondary N) is 1. The van der Waals surface area contributed by atoms with Crippen molar-refractivity contribution in [2.75, 3.05) is 19.0 Å². The Morgan fingerprint density at radius 3 is 2.91 bits per heavy atom. The van der Waals surface area contributed by atoms with Gasteiger partial charge in [0.2, 0.25) is 5.91 Å². The van der Waals surface area contributed by atoms with Crippen LogP contribution in [0.3, 0.4) is 0 Å². The molecule has 120 valence electrons. The molecule has 2 N–H and O–H groups in total. The quantitative estimate of drug-likeness (QED) is 0.794. The maximum absolute atomic E-state index is 12.0. The molecule has 1 fully saturated rings. The van der Waals surface area contributed by atoms with Crippen LogP contribution in [0.25, 0.3) is 0 Å². The lowest BCUT2D eigenvalue weighted by atomic mass is 9.94. The monoisotopic (exact) mass is 343 g/mol. The highest BCUT2D eigenvalue weighted by atomic mass is 35.5. The fourth-order valence-corrected chi connectivity index (χ4v) is 3.39. The van der Waals surface area contributed by atoms with Crippen LogP contribution in [0.1, 0.15) is 18.4 Å². The fourth-order valence-electron chi connectivity index (χ4n) is 2.40. The number of carbonyl (C=O) groups excluding carboxylic acids is 1. The van der Waals surface area contributed by atoms with Gasteiger partial charge in [-0.3, -0.25) is 9.59 Å². The molecule has 1 amide bonds. The van der Waals surface area contributed by atoms with Crippen LogP contribution in [-0.2, 0) is 20.1 Å². The van der Waals surface area contributed by atoms with E-state index in [0.29, 0.717) is 23.8 Å². The second kappa shape index (κ2) is 7.85. The molecule has 1 aromatic rings. The molecule has 1 unspecified atom stereocenters. The lowest BCUT2D eigenvalue weighted by Gasteiger charge is -2.26. The van der Waals surface area contributed by atoms with Crippen molar-refractivity contribution in [2.45, 2.75) is 24.1 Å². The number of carboxylic acid groups (broad SMARTS) is 1. The first-order chi connectivity index (χ1) is 10.5. The van der Waals surface area contributed by atoms with Crippen LogP contribution in [-0.4, -0.2) is 41.5 Å². The Bertz CT molecular complexity index is 546. The van der Waals surface area contributed by atoms with Crippen LogP contribution in [0.5, 0.6) is 0 Å². The molecule has 0 saturated carbocycles. The first kappa shape index (κ1) is 17.1. The maximum Gasteiger partial charge on any atom is 0.305 e. The molecule has 1 aromatic carbocycles. The highest BCUT2D eigenvalue weighted by Gasteiger charge is 2.38. The van der Waals surface area contributed by atoms with E-state index in [-0.39, 0.29) is 24.7 Å². The second-order valence-corrected chi connectivity index (χ2v) is 6.75. The molecule has 22 heavy (non-hydrogen) atoms. The molecule has 0 aromatic heterocycles. The van der Waals surface area contributed by atoms with Crippen LogP contribution in [0.4, 0.5) is 0 Å². The zero-order valence-electron chi connectivity index (χ0n) is 12.0. The Balaban J connectivity index is 1.80. The molecule has 0 bridgehead atoms. The van der Waals surface area contributed by atoms with E-state index in [0.717, 1.165) is 5.56 Å². The molecule has 1 aliphatic heterocycles. The molecule has 7 heteroatoms. The highest BCUT2D eigenvalue weighted by molar-refractivity contribution is 7.99. The smallest absolute Gasteiger partial charge is 0.305 e. The van der Waals surface area contributed by atoms with Crippen LogP contribution in [0, 0.1) is 0 Å². The lowest BCUT2D eigenvalue weighted by molar-refractivity contribution is -0.139. The number of carbonyl (C=O) groups is 2. The van der Waals surface area contributed by atoms with E-state index < -0.39 is 11.5 Å². The summed E-state index contributed by atoms with van der Waals surface area (Å²) in [5.41, 5.74) is 0.286. The van der Waals surface area contributed by atoms with E-state index in [2.05, 4.69) is 5.32 Å². The van der Waals surface area contributed by atoms with Crippen LogP contribution >= 0.6 is 23.4 Å². The van der Waals surface area contributed by atoms with E-state index in [1.165, 1.54) is 11.8 Å². The van der Waals surface area contributed by atoms with Gasteiger partial charge >= 0.3 is 5.97 Å². The topological polar surface area (TPSA) is 75.6 Å². The number of amides is 1. The molecule has 1 saturated heterocycles. The molecular formula is C15H18ClNO4S. The largest absolute Gasteiger partial charge is 0.481 e. The van der Waals surface area contributed by atoms with Crippen LogP contribution in [0.15, 0.2) is 24.3 Å². The van der Waals surface area contributed by atoms with Gasteiger partial charge in [0.25, 0.3) is 0 Å². The van der Waals surface area contributed by atoms with E-state index >= 15 is 0 Å². The average molecular weight is 344 g/mol. The van der Waals surface area contributed by atoms with Gasteiger partial charge in [-0.25, -0.2) is 0 Å². The molecule has 1 aliphatic rings. The summed E-state index contributed by atoms with van der Waals surface area (Å²) in [4.78, 5) is 23.0. The molecule has 0 radical (unpaired) electrons. The molecular weight excluding hydrogens is 326 g/mol. The summed E-state index contributed by atoms with van der Waals surface area (Å²) in [6.45, 7) is 0.729. The van der Waals surface area contributed by atoms with E-state index in [4.69, 9.17) is 21.4 Å². The summed E-state index contributed by atoms with van der Waals surface area (Å²) in [6.07, 6.45) is 0.418. The molecule has 1 heterocycles. The zero-order valence-corrected chi connectivity index (χ0v) is 13.6. The van der Waals surface area contributed by atoms with Gasteiger partial charge in [0.15, 0.2) is 0 Å². The van der Waals surface area contributed by atoms with Gasteiger partial charge in [-0.1, -0.05) is 23.7 Å². The summed E-state index contributed by atoms with van der Waals surface area (Å²) >= 11 is 7.37. The van der Waals surface area contributed by atoms with Crippen LogP contribution < -0.4 is 5.32 Å². The predicted molar refractivity (Wildman–Crippen MR) is 86.2 cm³/mol. The number of rotatable bonds is 7. The third kappa shape index (κ3) is 5.19. The standard InChI is InChI=1S/C15H18ClNO4S/c16-12-3-1-2-11(6-12)8-22-9-13(18)17-15(7-14(19)20)4-5-21-10-15/h1-3,6H,4-5,7-10H2,(H,17,18)(H,19,20). The Morgan fingerprint density at radius 1 is 1.45 bits per heavy atom. The summed E-state index contributed by atoms with van der Waals surface area (Å²) in [6, 6.07) is 7.49. The van der Waals surface area contributed by atoms with Gasteiger partial charge in [0.1, 0.15) is 0 Å². The van der Waals surface area contributed by atoms with Gasteiger partial charge in [-0.15, -0.1) is 11.8 Å². The Morgan fingerprint density at radius 2 is 2.27 bits per heavy atom. The molecule has 0 aliphatic carbocycles. The van der Waals surface area contributed by atoms with Crippen molar-refractivity contribution in [3.63, 3.8) is 0 Å². The highest BCUT2D eigenvalue weighted by Crippen LogP contribution is 2.23. The van der Waals surface area contributed by atoms with Crippen molar-refractivity contribution < 1.29 is 19.4 Å². The van der Waals surface area contributed by atoms with Crippen molar-refractivity contribution in [3.8, 4) is 0 Å². The summed E-state index contributed by atoms with van der Waals surface area (Å²) in [5.74, 6) is -0.152. The minimum Gasteiger partial charge on any atom is -0.481 e. The number of thioether (sulfide) groups is 1.